The monoisotopic (exact) mass is 423 g/mol. The minimum Gasteiger partial charge on any atom is -0.467 e. The molecule has 2 aromatic carbocycles. The minimum absolute atomic E-state index is 0.00282. The van der Waals surface area contributed by atoms with Crippen molar-refractivity contribution in [2.24, 2.45) is 0 Å². The van der Waals surface area contributed by atoms with Gasteiger partial charge in [0.15, 0.2) is 0 Å². The van der Waals surface area contributed by atoms with Crippen molar-refractivity contribution in [1.82, 2.24) is 9.97 Å². The van der Waals surface area contributed by atoms with E-state index in [1.807, 2.05) is 82.3 Å². The van der Waals surface area contributed by atoms with E-state index in [0.29, 0.717) is 12.2 Å². The summed E-state index contributed by atoms with van der Waals surface area (Å²) >= 11 is 0. The number of aliphatic hydroxyl groups excluding tert-OH is 1. The molecule has 0 amide bonds. The second-order valence-corrected chi connectivity index (χ2v) is 6.05. The van der Waals surface area contributed by atoms with Crippen molar-refractivity contribution in [2.75, 3.05) is 12.4 Å². The second-order valence-electron chi connectivity index (χ2n) is 6.05. The molecule has 1 heterocycles. The molecule has 1 unspecified atom stereocenters. The van der Waals surface area contributed by atoms with E-state index in [4.69, 9.17) is 9.84 Å². The van der Waals surface area contributed by atoms with Crippen LogP contribution >= 0.6 is 0 Å². The number of methoxy groups -OCH3 is 1. The van der Waals surface area contributed by atoms with Crippen molar-refractivity contribution in [1.29, 1.82) is 0 Å². The Morgan fingerprint density at radius 2 is 1.61 bits per heavy atom. The number of hydrogen-bond donors (Lipinski definition) is 2. The van der Waals surface area contributed by atoms with Crippen LogP contribution in [0.5, 0.6) is 0 Å². The molecule has 0 saturated carbocycles. The molecule has 1 aromatic heterocycles. The Kier molecular flexibility index (Phi) is 12.2. The Hall–Kier alpha value is -3.25. The van der Waals surface area contributed by atoms with Crippen LogP contribution in [0.1, 0.15) is 38.8 Å². The van der Waals surface area contributed by atoms with Crippen LogP contribution in [-0.2, 0) is 22.6 Å². The first-order valence-corrected chi connectivity index (χ1v) is 10.6. The number of carbonyl (C=O) groups is 1. The molecule has 0 fully saturated rings. The molecule has 31 heavy (non-hydrogen) atoms. The van der Waals surface area contributed by atoms with Crippen molar-refractivity contribution in [3.05, 3.63) is 78.1 Å². The zero-order valence-corrected chi connectivity index (χ0v) is 19.0. The average Bonchev–Trinajstić information content (AvgIpc) is 2.86. The Morgan fingerprint density at radius 1 is 0.968 bits per heavy atom. The lowest BCUT2D eigenvalue weighted by molar-refractivity contribution is -0.141. The molecule has 166 valence electrons. The number of anilines is 1. The van der Waals surface area contributed by atoms with Gasteiger partial charge in [-0.15, -0.1) is 0 Å². The van der Waals surface area contributed by atoms with Crippen LogP contribution in [0.4, 0.5) is 5.82 Å². The highest BCUT2D eigenvalue weighted by Gasteiger charge is 2.20. The zero-order chi connectivity index (χ0) is 23.1. The maximum Gasteiger partial charge on any atom is 0.328 e. The van der Waals surface area contributed by atoms with Gasteiger partial charge in [-0.25, -0.2) is 14.8 Å². The first-order valence-electron chi connectivity index (χ1n) is 10.6. The molecule has 0 aliphatic rings. The number of nitrogens with one attached hydrogen (secondary N) is 1. The Morgan fingerprint density at radius 3 is 2.19 bits per heavy atom. The van der Waals surface area contributed by atoms with Gasteiger partial charge in [-0.1, -0.05) is 82.3 Å². The van der Waals surface area contributed by atoms with E-state index >= 15 is 0 Å². The summed E-state index contributed by atoms with van der Waals surface area (Å²) in [6.45, 7) is 8.00. The summed E-state index contributed by atoms with van der Waals surface area (Å²) in [5.41, 5.74) is 3.48. The quantitative estimate of drug-likeness (QED) is 0.527. The molecule has 2 N–H and O–H groups in total. The molecule has 0 spiro atoms. The Bertz CT molecular complexity index is 884. The van der Waals surface area contributed by atoms with Crippen LogP contribution in [0.15, 0.2) is 67.0 Å². The zero-order valence-electron chi connectivity index (χ0n) is 19.0. The third kappa shape index (κ3) is 8.18. The van der Waals surface area contributed by atoms with Crippen molar-refractivity contribution in [3.63, 3.8) is 0 Å². The molecule has 6 nitrogen and oxygen atoms in total. The lowest BCUT2D eigenvalue weighted by atomic mass is 10.1. The maximum absolute atomic E-state index is 12.2. The fourth-order valence-electron chi connectivity index (χ4n) is 2.74. The van der Waals surface area contributed by atoms with E-state index in [1.165, 1.54) is 13.4 Å². The normalized spacial score (nSPS) is 10.5. The van der Waals surface area contributed by atoms with Gasteiger partial charge in [0, 0.05) is 18.1 Å². The molecular formula is C25H33N3O3. The number of nitrogens with zero attached hydrogens (tertiary/aromatic N) is 2. The van der Waals surface area contributed by atoms with Gasteiger partial charge >= 0.3 is 5.97 Å². The van der Waals surface area contributed by atoms with Crippen molar-refractivity contribution in [3.8, 4) is 11.3 Å². The summed E-state index contributed by atoms with van der Waals surface area (Å²) in [4.78, 5) is 20.7. The lowest BCUT2D eigenvalue weighted by Crippen LogP contribution is -2.33. The van der Waals surface area contributed by atoms with Gasteiger partial charge in [-0.05, 0) is 11.1 Å². The largest absolute Gasteiger partial charge is 0.467 e. The molecule has 0 bridgehead atoms. The average molecular weight is 424 g/mol. The molecule has 0 radical (unpaired) electrons. The first-order chi connectivity index (χ1) is 15.2. The van der Waals surface area contributed by atoms with E-state index in [1.54, 1.807) is 6.07 Å². The number of hydrogen-bond acceptors (Lipinski definition) is 6. The van der Waals surface area contributed by atoms with Crippen LogP contribution < -0.4 is 5.32 Å². The van der Waals surface area contributed by atoms with Gasteiger partial charge in [0.05, 0.1) is 19.4 Å². The van der Waals surface area contributed by atoms with Crippen molar-refractivity contribution in [2.45, 2.75) is 46.8 Å². The fraction of sp³-hybridized carbons (Fsp3) is 0.320. The topological polar surface area (TPSA) is 84.3 Å². The predicted molar refractivity (Wildman–Crippen MR) is 126 cm³/mol. The molecule has 3 aromatic rings. The van der Waals surface area contributed by atoms with Crippen LogP contribution in [0.3, 0.4) is 0 Å². The molecule has 0 saturated heterocycles. The third-order valence-electron chi connectivity index (χ3n) is 4.19. The highest BCUT2D eigenvalue weighted by Crippen LogP contribution is 2.20. The van der Waals surface area contributed by atoms with Crippen LogP contribution in [-0.4, -0.2) is 34.2 Å². The summed E-state index contributed by atoms with van der Waals surface area (Å²) in [5, 5.41) is 12.3. The van der Waals surface area contributed by atoms with E-state index in [9.17, 15) is 4.79 Å². The van der Waals surface area contributed by atoms with E-state index in [-0.39, 0.29) is 12.6 Å². The SMILES string of the molecule is CC.CC.COC(=O)C(Cc1ccccc1)Nc1cc(-c2ccc(CO)cc2)ncn1. The summed E-state index contributed by atoms with van der Waals surface area (Å²) in [5.74, 6) is 0.184. The summed E-state index contributed by atoms with van der Waals surface area (Å²) < 4.78 is 4.93. The van der Waals surface area contributed by atoms with Gasteiger partial charge in [0.25, 0.3) is 0 Å². The van der Waals surface area contributed by atoms with Crippen molar-refractivity contribution >= 4 is 11.8 Å². The number of ether oxygens (including phenoxy) is 1. The van der Waals surface area contributed by atoms with Crippen LogP contribution in [0.2, 0.25) is 0 Å². The van der Waals surface area contributed by atoms with Gasteiger partial charge < -0.3 is 15.2 Å². The summed E-state index contributed by atoms with van der Waals surface area (Å²) in [7, 11) is 1.37. The molecule has 0 aliphatic heterocycles. The molecule has 1 atom stereocenters. The van der Waals surface area contributed by atoms with Gasteiger partial charge in [-0.2, -0.15) is 0 Å². The van der Waals surface area contributed by atoms with E-state index < -0.39 is 6.04 Å². The maximum atomic E-state index is 12.2. The second kappa shape index (κ2) is 14.7. The number of aliphatic hydroxyl groups is 1. The number of carbonyl (C=O) groups excluding carboxylic acids is 1. The van der Waals surface area contributed by atoms with Crippen molar-refractivity contribution < 1.29 is 14.6 Å². The molecule has 3 rings (SSSR count). The van der Waals surface area contributed by atoms with Gasteiger partial charge in [-0.3, -0.25) is 0 Å². The minimum atomic E-state index is -0.558. The number of benzene rings is 2. The Labute approximate surface area is 185 Å². The van der Waals surface area contributed by atoms with E-state index in [0.717, 1.165) is 22.4 Å². The van der Waals surface area contributed by atoms with Gasteiger partial charge in [0.2, 0.25) is 0 Å². The lowest BCUT2D eigenvalue weighted by Gasteiger charge is -2.17. The molecule has 0 aliphatic carbocycles. The van der Waals surface area contributed by atoms with Crippen LogP contribution in [0, 0.1) is 0 Å². The smallest absolute Gasteiger partial charge is 0.328 e. The molecule has 6 heteroatoms. The first kappa shape index (κ1) is 25.8. The van der Waals surface area contributed by atoms with Crippen LogP contribution in [0.25, 0.3) is 11.3 Å². The fourth-order valence-corrected chi connectivity index (χ4v) is 2.74. The molecular weight excluding hydrogens is 390 g/mol. The standard InChI is InChI=1S/C21H21N3O3.2C2H6/c1-27-21(26)19(11-15-5-3-2-4-6-15)24-20-12-18(22-14-23-20)17-9-7-16(13-25)8-10-17;2*1-2/h2-10,12,14,19,25H,11,13H2,1H3,(H,22,23,24);2*1-2H3. The third-order valence-corrected chi connectivity index (χ3v) is 4.19. The Balaban J connectivity index is 0.00000113. The summed E-state index contributed by atoms with van der Waals surface area (Å²) in [6.07, 6.45) is 1.94. The number of aromatic nitrogens is 2. The predicted octanol–water partition coefficient (Wildman–Crippen LogP) is 4.88. The van der Waals surface area contributed by atoms with E-state index in [2.05, 4.69) is 15.3 Å². The number of rotatable bonds is 7. The summed E-state index contributed by atoms with van der Waals surface area (Å²) in [6, 6.07) is 18.4. The van der Waals surface area contributed by atoms with Gasteiger partial charge in [0.1, 0.15) is 18.2 Å². The highest BCUT2D eigenvalue weighted by atomic mass is 16.5. The number of esters is 1. The highest BCUT2D eigenvalue weighted by molar-refractivity contribution is 5.79.